The number of anilines is 1. The first-order valence-electron chi connectivity index (χ1n) is 13.8. The Morgan fingerprint density at radius 1 is 1.14 bits per heavy atom. The van der Waals surface area contributed by atoms with E-state index < -0.39 is 12.0 Å². The van der Waals surface area contributed by atoms with Gasteiger partial charge in [0, 0.05) is 37.3 Å². The molecule has 0 radical (unpaired) electrons. The van der Waals surface area contributed by atoms with Crippen molar-refractivity contribution < 1.29 is 14.7 Å². The summed E-state index contributed by atoms with van der Waals surface area (Å²) in [5.74, 6) is 0.651. The van der Waals surface area contributed by atoms with Crippen molar-refractivity contribution in [3.8, 4) is 0 Å². The molecule has 5 rings (SSSR count). The maximum absolute atomic E-state index is 12.7. The summed E-state index contributed by atoms with van der Waals surface area (Å²) >= 11 is 0. The van der Waals surface area contributed by atoms with Gasteiger partial charge in [0.1, 0.15) is 11.9 Å². The van der Waals surface area contributed by atoms with E-state index in [0.29, 0.717) is 12.3 Å². The van der Waals surface area contributed by atoms with Gasteiger partial charge >= 0.3 is 5.97 Å². The van der Waals surface area contributed by atoms with Crippen molar-refractivity contribution in [1.82, 2.24) is 20.1 Å². The number of nitrogens with zero attached hydrogens (tertiary/aromatic N) is 3. The second-order valence-electron chi connectivity index (χ2n) is 11.1. The highest BCUT2D eigenvalue weighted by molar-refractivity contribution is 5.85. The van der Waals surface area contributed by atoms with Gasteiger partial charge in [-0.25, -0.2) is 9.78 Å². The van der Waals surface area contributed by atoms with Crippen LogP contribution >= 0.6 is 0 Å². The molecule has 4 aliphatic rings. The lowest BCUT2D eigenvalue weighted by Gasteiger charge is -2.32. The molecule has 8 heteroatoms. The highest BCUT2D eigenvalue weighted by Crippen LogP contribution is 2.31. The molecule has 1 aromatic heterocycles. The van der Waals surface area contributed by atoms with Crippen LogP contribution in [0.15, 0.2) is 12.1 Å². The second kappa shape index (κ2) is 11.2. The van der Waals surface area contributed by atoms with Crippen molar-refractivity contribution in [1.29, 1.82) is 0 Å². The van der Waals surface area contributed by atoms with Gasteiger partial charge in [0.15, 0.2) is 0 Å². The maximum atomic E-state index is 12.7. The first-order chi connectivity index (χ1) is 17.0. The molecule has 3 N–H and O–H groups in total. The number of hydrogen-bond acceptors (Lipinski definition) is 6. The lowest BCUT2D eigenvalue weighted by molar-refractivity contribution is -0.143. The molecule has 1 aromatic rings. The Balaban J connectivity index is 1.02. The molecule has 8 nitrogen and oxygen atoms in total. The molecule has 1 amide bonds. The molecule has 2 saturated heterocycles. The number of aromatic nitrogens is 1. The number of pyridine rings is 1. The predicted molar refractivity (Wildman–Crippen MR) is 135 cm³/mol. The third kappa shape index (κ3) is 6.53. The smallest absolute Gasteiger partial charge is 0.326 e. The van der Waals surface area contributed by atoms with E-state index in [9.17, 15) is 14.7 Å². The Labute approximate surface area is 208 Å². The highest BCUT2D eigenvalue weighted by Gasteiger charge is 2.35. The Morgan fingerprint density at radius 3 is 2.74 bits per heavy atom. The van der Waals surface area contributed by atoms with Gasteiger partial charge < -0.3 is 25.5 Å². The third-order valence-electron chi connectivity index (χ3n) is 8.44. The SMILES string of the molecule is O=C(NC(CCN1CCC(CCc2ccc3c(n2)NCCC3)C1)C(=O)O)C1CCN(C2CC2)CC1. The van der Waals surface area contributed by atoms with Gasteiger partial charge in [-0.1, -0.05) is 6.07 Å². The molecule has 3 fully saturated rings. The number of piperidine rings is 1. The number of hydrogen-bond donors (Lipinski definition) is 3. The van der Waals surface area contributed by atoms with Gasteiger partial charge in [-0.15, -0.1) is 0 Å². The number of carbonyl (C=O) groups excluding carboxylic acids is 1. The summed E-state index contributed by atoms with van der Waals surface area (Å²) in [6.07, 6.45) is 10.3. The van der Waals surface area contributed by atoms with Gasteiger partial charge in [0.05, 0.1) is 0 Å². The number of carboxylic acid groups (broad SMARTS) is 1. The molecular weight excluding hydrogens is 442 g/mol. The van der Waals surface area contributed by atoms with Crippen molar-refractivity contribution in [2.75, 3.05) is 44.6 Å². The molecule has 0 bridgehead atoms. The van der Waals surface area contributed by atoms with Crippen LogP contribution in [0.3, 0.4) is 0 Å². The number of nitrogens with one attached hydrogen (secondary N) is 2. The fourth-order valence-electron chi connectivity index (χ4n) is 6.04. The van der Waals surface area contributed by atoms with Gasteiger partial charge in [-0.3, -0.25) is 4.79 Å². The van der Waals surface area contributed by atoms with E-state index in [4.69, 9.17) is 4.98 Å². The zero-order valence-electron chi connectivity index (χ0n) is 20.9. The van der Waals surface area contributed by atoms with E-state index in [1.54, 1.807) is 0 Å². The van der Waals surface area contributed by atoms with Crippen molar-refractivity contribution >= 4 is 17.7 Å². The van der Waals surface area contributed by atoms with Crippen LogP contribution in [0.25, 0.3) is 0 Å². The zero-order chi connectivity index (χ0) is 24.2. The minimum atomic E-state index is -0.920. The van der Waals surface area contributed by atoms with Crippen molar-refractivity contribution in [3.05, 3.63) is 23.4 Å². The number of fused-ring (bicyclic) bond motifs is 1. The molecule has 0 spiro atoms. The molecule has 1 saturated carbocycles. The van der Waals surface area contributed by atoms with Crippen LogP contribution in [0.2, 0.25) is 0 Å². The van der Waals surface area contributed by atoms with Crippen molar-refractivity contribution in [2.24, 2.45) is 11.8 Å². The standard InChI is InChI=1S/C27H41N5O3/c33-26(21-10-16-32(17-11-21)23-7-8-23)30-24(27(34)35)12-15-31-14-9-19(18-31)3-5-22-6-4-20-2-1-13-28-25(20)29-22/h4,6,19,21,23-24H,1-3,5,7-18H2,(H,28,29)(H,30,33)(H,34,35). The number of amides is 1. The number of rotatable bonds is 10. The Morgan fingerprint density at radius 2 is 1.97 bits per heavy atom. The van der Waals surface area contributed by atoms with Crippen molar-refractivity contribution in [2.45, 2.75) is 76.3 Å². The average Bonchev–Trinajstić information content (AvgIpc) is 3.63. The number of likely N-dealkylation sites (tertiary alicyclic amines) is 2. The van der Waals surface area contributed by atoms with Gasteiger partial charge in [-0.2, -0.15) is 0 Å². The molecule has 3 aliphatic heterocycles. The molecule has 35 heavy (non-hydrogen) atoms. The number of aryl methyl sites for hydroxylation is 2. The van der Waals surface area contributed by atoms with Gasteiger partial charge in [-0.05, 0) is 101 Å². The number of carboxylic acids is 1. The summed E-state index contributed by atoms with van der Waals surface area (Å²) < 4.78 is 0. The average molecular weight is 484 g/mol. The van der Waals surface area contributed by atoms with Gasteiger partial charge in [0.25, 0.3) is 0 Å². The Hall–Kier alpha value is -2.19. The van der Waals surface area contributed by atoms with Crippen LogP contribution < -0.4 is 10.6 Å². The molecule has 1 aliphatic carbocycles. The largest absolute Gasteiger partial charge is 0.480 e. The molecule has 192 valence electrons. The summed E-state index contributed by atoms with van der Waals surface area (Å²) in [4.78, 5) is 34.3. The topological polar surface area (TPSA) is 97.8 Å². The summed E-state index contributed by atoms with van der Waals surface area (Å²) in [7, 11) is 0. The van der Waals surface area contributed by atoms with Crippen LogP contribution in [0.4, 0.5) is 5.82 Å². The molecule has 4 heterocycles. The maximum Gasteiger partial charge on any atom is 0.326 e. The van der Waals surface area contributed by atoms with Crippen molar-refractivity contribution in [3.63, 3.8) is 0 Å². The fourth-order valence-corrected chi connectivity index (χ4v) is 6.04. The monoisotopic (exact) mass is 483 g/mol. The van der Waals surface area contributed by atoms with E-state index in [1.165, 1.54) is 24.8 Å². The van der Waals surface area contributed by atoms with Crippen LogP contribution in [-0.2, 0) is 22.4 Å². The molecule has 2 unspecified atom stereocenters. The second-order valence-corrected chi connectivity index (χ2v) is 11.1. The lowest BCUT2D eigenvalue weighted by atomic mass is 9.95. The number of carbonyl (C=O) groups is 2. The van der Waals surface area contributed by atoms with E-state index in [1.807, 2.05) is 0 Å². The minimum absolute atomic E-state index is 0.0459. The minimum Gasteiger partial charge on any atom is -0.480 e. The Bertz CT molecular complexity index is 897. The third-order valence-corrected chi connectivity index (χ3v) is 8.44. The zero-order valence-corrected chi connectivity index (χ0v) is 20.9. The normalized spacial score (nSPS) is 24.5. The number of aliphatic carboxylic acids is 1. The van der Waals surface area contributed by atoms with Crippen LogP contribution in [-0.4, -0.2) is 83.1 Å². The first kappa shape index (κ1) is 24.5. The molecule has 2 atom stereocenters. The van der Waals surface area contributed by atoms with Crippen LogP contribution in [0, 0.1) is 11.8 Å². The lowest BCUT2D eigenvalue weighted by Crippen LogP contribution is -2.47. The highest BCUT2D eigenvalue weighted by atomic mass is 16.4. The van der Waals surface area contributed by atoms with E-state index in [-0.39, 0.29) is 11.8 Å². The predicted octanol–water partition coefficient (Wildman–Crippen LogP) is 2.53. The van der Waals surface area contributed by atoms with E-state index >= 15 is 0 Å². The Kier molecular flexibility index (Phi) is 7.88. The first-order valence-corrected chi connectivity index (χ1v) is 13.8. The van der Waals surface area contributed by atoms with Crippen LogP contribution in [0.5, 0.6) is 0 Å². The van der Waals surface area contributed by atoms with E-state index in [0.717, 1.165) is 95.3 Å². The summed E-state index contributed by atoms with van der Waals surface area (Å²) in [5.41, 5.74) is 2.49. The molecular formula is C27H41N5O3. The van der Waals surface area contributed by atoms with E-state index in [2.05, 4.69) is 32.6 Å². The quantitative estimate of drug-likeness (QED) is 0.470. The summed E-state index contributed by atoms with van der Waals surface area (Å²) in [6.45, 7) is 5.67. The van der Waals surface area contributed by atoms with Crippen LogP contribution in [0.1, 0.15) is 62.6 Å². The summed E-state index contributed by atoms with van der Waals surface area (Å²) in [6, 6.07) is 4.34. The summed E-state index contributed by atoms with van der Waals surface area (Å²) in [5, 5.41) is 16.0. The fraction of sp³-hybridized carbons (Fsp3) is 0.741. The van der Waals surface area contributed by atoms with Gasteiger partial charge in [0.2, 0.25) is 5.91 Å². The molecule has 0 aromatic carbocycles.